The smallest absolute Gasteiger partial charge is 0.406 e. The van der Waals surface area contributed by atoms with Crippen molar-refractivity contribution in [3.8, 4) is 0 Å². The van der Waals surface area contributed by atoms with Crippen molar-refractivity contribution in [3.63, 3.8) is 0 Å². The van der Waals surface area contributed by atoms with E-state index in [9.17, 15) is 4.79 Å². The molecule has 0 amide bonds. The topological polar surface area (TPSA) is 74.0 Å². The highest BCUT2D eigenvalue weighted by Gasteiger charge is 2.14. The lowest BCUT2D eigenvalue weighted by Gasteiger charge is -2.13. The number of hydrogen-bond donors (Lipinski definition) is 1. The lowest BCUT2D eigenvalue weighted by molar-refractivity contribution is 0.480. The van der Waals surface area contributed by atoms with Gasteiger partial charge in [0.15, 0.2) is 11.2 Å². The van der Waals surface area contributed by atoms with Crippen LogP contribution in [-0.2, 0) is 6.54 Å². The predicted octanol–water partition coefficient (Wildman–Crippen LogP) is 2.31. The molecule has 1 atom stereocenters. The van der Waals surface area contributed by atoms with Gasteiger partial charge in [0.1, 0.15) is 0 Å². The Hall–Kier alpha value is -2.40. The molecule has 1 aromatic carbocycles. The SMILES string of the molecule is Cc1ccc(C(N)Cn2c(=O)oc3cccnc32)cc1C. The Kier molecular flexibility index (Phi) is 3.35. The van der Waals surface area contributed by atoms with Crippen molar-refractivity contribution in [1.82, 2.24) is 9.55 Å². The Morgan fingerprint density at radius 2 is 2.10 bits per heavy atom. The van der Waals surface area contributed by atoms with Crippen LogP contribution in [0, 0.1) is 13.8 Å². The highest BCUT2D eigenvalue weighted by molar-refractivity contribution is 5.67. The number of oxazole rings is 1. The fourth-order valence-corrected chi connectivity index (χ4v) is 2.36. The second kappa shape index (κ2) is 5.18. The number of pyridine rings is 1. The summed E-state index contributed by atoms with van der Waals surface area (Å²) in [6.07, 6.45) is 1.63. The van der Waals surface area contributed by atoms with Crippen LogP contribution in [0.3, 0.4) is 0 Å². The van der Waals surface area contributed by atoms with Crippen molar-refractivity contribution in [3.05, 3.63) is 63.8 Å². The Labute approximate surface area is 122 Å². The number of nitrogens with two attached hydrogens (primary N) is 1. The molecule has 0 saturated heterocycles. The van der Waals surface area contributed by atoms with E-state index >= 15 is 0 Å². The van der Waals surface area contributed by atoms with Crippen molar-refractivity contribution >= 4 is 11.2 Å². The minimum Gasteiger partial charge on any atom is -0.406 e. The fourth-order valence-electron chi connectivity index (χ4n) is 2.36. The molecule has 21 heavy (non-hydrogen) atoms. The minimum absolute atomic E-state index is 0.287. The first-order valence-electron chi connectivity index (χ1n) is 6.83. The van der Waals surface area contributed by atoms with Crippen molar-refractivity contribution in [2.24, 2.45) is 5.73 Å². The van der Waals surface area contributed by atoms with Crippen molar-refractivity contribution in [1.29, 1.82) is 0 Å². The van der Waals surface area contributed by atoms with Gasteiger partial charge in [-0.3, -0.25) is 4.57 Å². The van der Waals surface area contributed by atoms with Crippen LogP contribution < -0.4 is 11.5 Å². The Morgan fingerprint density at radius 1 is 1.29 bits per heavy atom. The summed E-state index contributed by atoms with van der Waals surface area (Å²) in [4.78, 5) is 16.1. The lowest BCUT2D eigenvalue weighted by atomic mass is 10.0. The monoisotopic (exact) mass is 283 g/mol. The first-order chi connectivity index (χ1) is 10.1. The predicted molar refractivity (Wildman–Crippen MR) is 81.1 cm³/mol. The summed E-state index contributed by atoms with van der Waals surface area (Å²) in [5.41, 5.74) is 10.6. The van der Waals surface area contributed by atoms with Crippen LogP contribution in [0.15, 0.2) is 45.7 Å². The van der Waals surface area contributed by atoms with Gasteiger partial charge in [0.2, 0.25) is 0 Å². The number of aromatic nitrogens is 2. The molecule has 0 radical (unpaired) electrons. The number of aryl methyl sites for hydroxylation is 2. The number of nitrogens with zero attached hydrogens (tertiary/aromatic N) is 2. The first-order valence-corrected chi connectivity index (χ1v) is 6.83. The third kappa shape index (κ3) is 2.48. The molecule has 3 aromatic rings. The summed E-state index contributed by atoms with van der Waals surface area (Å²) in [5.74, 6) is -0.428. The summed E-state index contributed by atoms with van der Waals surface area (Å²) < 4.78 is 6.65. The molecule has 2 heterocycles. The minimum atomic E-state index is -0.428. The molecule has 0 aliphatic carbocycles. The van der Waals surface area contributed by atoms with E-state index in [-0.39, 0.29) is 6.04 Å². The maximum Gasteiger partial charge on any atom is 0.421 e. The van der Waals surface area contributed by atoms with Gasteiger partial charge in [0.05, 0.1) is 6.54 Å². The molecular formula is C16H17N3O2. The van der Waals surface area contributed by atoms with Crippen LogP contribution in [0.4, 0.5) is 0 Å². The molecule has 0 aliphatic heterocycles. The molecule has 2 aromatic heterocycles. The highest BCUT2D eigenvalue weighted by Crippen LogP contribution is 2.18. The Balaban J connectivity index is 1.96. The first kappa shape index (κ1) is 13.6. The van der Waals surface area contributed by atoms with E-state index in [1.54, 1.807) is 18.3 Å². The van der Waals surface area contributed by atoms with Gasteiger partial charge in [0.25, 0.3) is 0 Å². The largest absolute Gasteiger partial charge is 0.421 e. The van der Waals surface area contributed by atoms with E-state index in [0.717, 1.165) is 5.56 Å². The van der Waals surface area contributed by atoms with Crippen LogP contribution in [0.1, 0.15) is 22.7 Å². The second-order valence-electron chi connectivity index (χ2n) is 5.25. The second-order valence-corrected chi connectivity index (χ2v) is 5.25. The molecule has 0 spiro atoms. The molecule has 5 heteroatoms. The number of rotatable bonds is 3. The van der Waals surface area contributed by atoms with Crippen LogP contribution >= 0.6 is 0 Å². The van der Waals surface area contributed by atoms with Crippen LogP contribution in [0.25, 0.3) is 11.2 Å². The number of benzene rings is 1. The van der Waals surface area contributed by atoms with Crippen LogP contribution in [0.2, 0.25) is 0 Å². The Bertz CT molecular complexity index is 848. The van der Waals surface area contributed by atoms with Gasteiger partial charge < -0.3 is 10.2 Å². The molecule has 108 valence electrons. The zero-order valence-electron chi connectivity index (χ0n) is 12.0. The van der Waals surface area contributed by atoms with Gasteiger partial charge in [0, 0.05) is 12.2 Å². The van der Waals surface area contributed by atoms with E-state index in [0.29, 0.717) is 17.8 Å². The molecule has 1 unspecified atom stereocenters. The molecule has 2 N–H and O–H groups in total. The van der Waals surface area contributed by atoms with Gasteiger partial charge in [-0.1, -0.05) is 18.2 Å². The van der Waals surface area contributed by atoms with Gasteiger partial charge in [-0.2, -0.15) is 0 Å². The van der Waals surface area contributed by atoms with Crippen molar-refractivity contribution < 1.29 is 4.42 Å². The molecule has 3 rings (SSSR count). The van der Waals surface area contributed by atoms with Crippen LogP contribution in [0.5, 0.6) is 0 Å². The highest BCUT2D eigenvalue weighted by atomic mass is 16.4. The van der Waals surface area contributed by atoms with E-state index in [4.69, 9.17) is 10.2 Å². The van der Waals surface area contributed by atoms with Gasteiger partial charge >= 0.3 is 5.76 Å². The molecule has 0 bridgehead atoms. The zero-order valence-corrected chi connectivity index (χ0v) is 12.0. The third-order valence-electron chi connectivity index (χ3n) is 3.76. The molecule has 5 nitrogen and oxygen atoms in total. The Morgan fingerprint density at radius 3 is 2.86 bits per heavy atom. The zero-order chi connectivity index (χ0) is 15.0. The van der Waals surface area contributed by atoms with Gasteiger partial charge in [-0.05, 0) is 42.7 Å². The summed E-state index contributed by atoms with van der Waals surface area (Å²) in [7, 11) is 0. The van der Waals surface area contributed by atoms with Crippen LogP contribution in [-0.4, -0.2) is 9.55 Å². The number of fused-ring (bicyclic) bond motifs is 1. The molecular weight excluding hydrogens is 266 g/mol. The maximum absolute atomic E-state index is 11.9. The van der Waals surface area contributed by atoms with E-state index in [1.807, 2.05) is 19.1 Å². The van der Waals surface area contributed by atoms with E-state index in [2.05, 4.69) is 18.0 Å². The normalized spacial score (nSPS) is 12.7. The maximum atomic E-state index is 11.9. The lowest BCUT2D eigenvalue weighted by Crippen LogP contribution is -2.24. The summed E-state index contributed by atoms with van der Waals surface area (Å²) in [5, 5.41) is 0. The van der Waals surface area contributed by atoms with E-state index in [1.165, 1.54) is 15.7 Å². The third-order valence-corrected chi connectivity index (χ3v) is 3.76. The molecule has 0 fully saturated rings. The summed E-state index contributed by atoms with van der Waals surface area (Å²) >= 11 is 0. The van der Waals surface area contributed by atoms with E-state index < -0.39 is 5.76 Å². The number of hydrogen-bond acceptors (Lipinski definition) is 4. The molecule has 0 saturated carbocycles. The van der Waals surface area contributed by atoms with Crippen molar-refractivity contribution in [2.75, 3.05) is 0 Å². The summed E-state index contributed by atoms with van der Waals surface area (Å²) in [6, 6.07) is 9.26. The van der Waals surface area contributed by atoms with Crippen molar-refractivity contribution in [2.45, 2.75) is 26.4 Å². The van der Waals surface area contributed by atoms with Gasteiger partial charge in [-0.25, -0.2) is 9.78 Å². The average Bonchev–Trinajstić information content (AvgIpc) is 2.78. The summed E-state index contributed by atoms with van der Waals surface area (Å²) in [6.45, 7) is 4.44. The average molecular weight is 283 g/mol. The fraction of sp³-hybridized carbons (Fsp3) is 0.250. The quantitative estimate of drug-likeness (QED) is 0.800. The van der Waals surface area contributed by atoms with Gasteiger partial charge in [-0.15, -0.1) is 0 Å². The standard InChI is InChI=1S/C16H17N3O2/c1-10-5-6-12(8-11(10)2)13(17)9-19-15-14(21-16(19)20)4-3-7-18-15/h3-8,13H,9,17H2,1-2H3. The molecule has 0 aliphatic rings.